The third-order valence-electron chi connectivity index (χ3n) is 3.43. The third-order valence-corrected chi connectivity index (χ3v) is 3.43. The Morgan fingerprint density at radius 3 is 2.77 bits per heavy atom. The first kappa shape index (κ1) is 9.47. The molecule has 0 aromatic rings. The van der Waals surface area contributed by atoms with Gasteiger partial charge in [-0.1, -0.05) is 6.92 Å². The molecule has 2 atom stereocenters. The molecule has 1 N–H and O–H groups in total. The first-order chi connectivity index (χ1) is 6.31. The normalized spacial score (nSPS) is 36.5. The Hall–Kier alpha value is -0.0800. The van der Waals surface area contributed by atoms with Gasteiger partial charge in [-0.15, -0.1) is 0 Å². The average Bonchev–Trinajstić information content (AvgIpc) is 2.92. The molecule has 2 unspecified atom stereocenters. The molecule has 2 rings (SSSR count). The van der Waals surface area contributed by atoms with Gasteiger partial charge in [-0.2, -0.15) is 0 Å². The summed E-state index contributed by atoms with van der Waals surface area (Å²) in [6.07, 6.45) is 4.22. The van der Waals surface area contributed by atoms with Crippen molar-refractivity contribution in [3.8, 4) is 0 Å². The lowest BCUT2D eigenvalue weighted by atomic mass is 10.1. The summed E-state index contributed by atoms with van der Waals surface area (Å²) < 4.78 is 0. The highest BCUT2D eigenvalue weighted by Gasteiger charge is 2.35. The highest BCUT2D eigenvalue weighted by atomic mass is 15.2. The van der Waals surface area contributed by atoms with Crippen LogP contribution in [-0.4, -0.2) is 36.6 Å². The maximum atomic E-state index is 3.68. The molecule has 0 bridgehead atoms. The van der Waals surface area contributed by atoms with E-state index in [2.05, 4.69) is 24.1 Å². The van der Waals surface area contributed by atoms with Crippen molar-refractivity contribution in [3.63, 3.8) is 0 Å². The minimum absolute atomic E-state index is 0.745. The van der Waals surface area contributed by atoms with Crippen LogP contribution in [0.2, 0.25) is 0 Å². The topological polar surface area (TPSA) is 15.3 Å². The van der Waals surface area contributed by atoms with Crippen LogP contribution in [0.1, 0.15) is 33.1 Å². The van der Waals surface area contributed by atoms with Crippen molar-refractivity contribution in [2.45, 2.75) is 45.2 Å². The van der Waals surface area contributed by atoms with Crippen LogP contribution >= 0.6 is 0 Å². The smallest absolute Gasteiger partial charge is 0.0224 e. The molecule has 1 saturated heterocycles. The van der Waals surface area contributed by atoms with E-state index in [9.17, 15) is 0 Å². The van der Waals surface area contributed by atoms with Crippen molar-refractivity contribution in [1.29, 1.82) is 0 Å². The first-order valence-corrected chi connectivity index (χ1v) is 5.78. The number of rotatable bonds is 3. The number of nitrogens with one attached hydrogen (secondary N) is 1. The number of nitrogens with zero attached hydrogens (tertiary/aromatic N) is 1. The molecule has 0 radical (unpaired) electrons. The quantitative estimate of drug-likeness (QED) is 0.711. The molecule has 1 aliphatic carbocycles. The number of hydrogen-bond donors (Lipinski definition) is 1. The molecule has 1 heterocycles. The Kier molecular flexibility index (Phi) is 2.89. The molecule has 2 nitrogen and oxygen atoms in total. The first-order valence-electron chi connectivity index (χ1n) is 5.78. The Morgan fingerprint density at radius 1 is 1.38 bits per heavy atom. The standard InChI is InChI=1S/C11H22N2/c1-3-6-13-8-11(10-4-5-10)12-7-9(13)2/h9-12H,3-8H2,1-2H3. The Bertz CT molecular complexity index is 165. The Balaban J connectivity index is 1.84. The van der Waals surface area contributed by atoms with Gasteiger partial charge in [0.2, 0.25) is 0 Å². The van der Waals surface area contributed by atoms with Crippen molar-refractivity contribution in [3.05, 3.63) is 0 Å². The van der Waals surface area contributed by atoms with E-state index in [1.54, 1.807) is 0 Å². The van der Waals surface area contributed by atoms with Gasteiger partial charge >= 0.3 is 0 Å². The van der Waals surface area contributed by atoms with E-state index in [0.29, 0.717) is 0 Å². The minimum Gasteiger partial charge on any atom is -0.311 e. The fourth-order valence-electron chi connectivity index (χ4n) is 2.36. The molecule has 1 saturated carbocycles. The highest BCUT2D eigenvalue weighted by molar-refractivity contribution is 4.93. The summed E-state index contributed by atoms with van der Waals surface area (Å²) >= 11 is 0. The van der Waals surface area contributed by atoms with E-state index in [4.69, 9.17) is 0 Å². The van der Waals surface area contributed by atoms with Crippen molar-refractivity contribution >= 4 is 0 Å². The second-order valence-corrected chi connectivity index (χ2v) is 4.70. The molecular weight excluding hydrogens is 160 g/mol. The van der Waals surface area contributed by atoms with Crippen LogP contribution in [0.15, 0.2) is 0 Å². The monoisotopic (exact) mass is 182 g/mol. The lowest BCUT2D eigenvalue weighted by molar-refractivity contribution is 0.133. The van der Waals surface area contributed by atoms with Crippen molar-refractivity contribution in [1.82, 2.24) is 10.2 Å². The summed E-state index contributed by atoms with van der Waals surface area (Å²) in [4.78, 5) is 2.65. The summed E-state index contributed by atoms with van der Waals surface area (Å²) in [6.45, 7) is 8.39. The molecule has 2 aliphatic rings. The molecule has 2 heteroatoms. The van der Waals surface area contributed by atoms with Crippen LogP contribution in [-0.2, 0) is 0 Å². The largest absolute Gasteiger partial charge is 0.311 e. The van der Waals surface area contributed by atoms with Crippen LogP contribution in [0, 0.1) is 5.92 Å². The van der Waals surface area contributed by atoms with E-state index >= 15 is 0 Å². The molecule has 1 aliphatic heterocycles. The van der Waals surface area contributed by atoms with Gasteiger partial charge in [0.15, 0.2) is 0 Å². The van der Waals surface area contributed by atoms with Crippen molar-refractivity contribution in [2.75, 3.05) is 19.6 Å². The summed E-state index contributed by atoms with van der Waals surface area (Å²) in [7, 11) is 0. The minimum atomic E-state index is 0.745. The highest BCUT2D eigenvalue weighted by Crippen LogP contribution is 2.34. The van der Waals surface area contributed by atoms with Gasteiger partial charge < -0.3 is 5.32 Å². The van der Waals surface area contributed by atoms with Gasteiger partial charge in [0.1, 0.15) is 0 Å². The molecule has 0 aromatic carbocycles. The van der Waals surface area contributed by atoms with E-state index in [1.165, 1.54) is 38.9 Å². The molecule has 2 fully saturated rings. The van der Waals surface area contributed by atoms with Crippen LogP contribution in [0.5, 0.6) is 0 Å². The van der Waals surface area contributed by atoms with E-state index in [-0.39, 0.29) is 0 Å². The second kappa shape index (κ2) is 3.97. The molecule has 0 amide bonds. The van der Waals surface area contributed by atoms with E-state index in [0.717, 1.165) is 18.0 Å². The van der Waals surface area contributed by atoms with Crippen LogP contribution in [0.25, 0.3) is 0 Å². The summed E-state index contributed by atoms with van der Waals surface area (Å²) in [5, 5.41) is 3.68. The van der Waals surface area contributed by atoms with Gasteiger partial charge in [-0.05, 0) is 38.6 Å². The Labute approximate surface area is 81.7 Å². The predicted molar refractivity (Wildman–Crippen MR) is 55.8 cm³/mol. The lowest BCUT2D eigenvalue weighted by Gasteiger charge is -2.38. The molecule has 0 aromatic heterocycles. The fraction of sp³-hybridized carbons (Fsp3) is 1.00. The SMILES string of the molecule is CCCN1CC(C2CC2)NCC1C. The van der Waals surface area contributed by atoms with Crippen LogP contribution in [0.4, 0.5) is 0 Å². The molecule has 0 spiro atoms. The molecule has 13 heavy (non-hydrogen) atoms. The third kappa shape index (κ3) is 2.23. The van der Waals surface area contributed by atoms with Gasteiger partial charge in [0, 0.05) is 25.2 Å². The van der Waals surface area contributed by atoms with Crippen molar-refractivity contribution < 1.29 is 0 Å². The zero-order chi connectivity index (χ0) is 9.26. The van der Waals surface area contributed by atoms with Gasteiger partial charge in [-0.3, -0.25) is 4.90 Å². The maximum absolute atomic E-state index is 3.68. The van der Waals surface area contributed by atoms with Gasteiger partial charge in [0.05, 0.1) is 0 Å². The van der Waals surface area contributed by atoms with Gasteiger partial charge in [0.25, 0.3) is 0 Å². The second-order valence-electron chi connectivity index (χ2n) is 4.70. The van der Waals surface area contributed by atoms with E-state index < -0.39 is 0 Å². The van der Waals surface area contributed by atoms with E-state index in [1.807, 2.05) is 0 Å². The van der Waals surface area contributed by atoms with Gasteiger partial charge in [-0.25, -0.2) is 0 Å². The summed E-state index contributed by atoms with van der Waals surface area (Å²) in [6, 6.07) is 1.55. The zero-order valence-electron chi connectivity index (χ0n) is 8.92. The molecular formula is C11H22N2. The average molecular weight is 182 g/mol. The predicted octanol–water partition coefficient (Wildman–Crippen LogP) is 1.47. The van der Waals surface area contributed by atoms with Crippen LogP contribution in [0.3, 0.4) is 0 Å². The lowest BCUT2D eigenvalue weighted by Crippen LogP contribution is -2.56. The maximum Gasteiger partial charge on any atom is 0.0224 e. The number of hydrogen-bond acceptors (Lipinski definition) is 2. The summed E-state index contributed by atoms with van der Waals surface area (Å²) in [5.74, 6) is 1.01. The molecule has 76 valence electrons. The Morgan fingerprint density at radius 2 is 2.15 bits per heavy atom. The van der Waals surface area contributed by atoms with Crippen LogP contribution < -0.4 is 5.32 Å². The fourth-order valence-corrected chi connectivity index (χ4v) is 2.36. The number of piperazine rings is 1. The van der Waals surface area contributed by atoms with Crippen molar-refractivity contribution in [2.24, 2.45) is 5.92 Å². The summed E-state index contributed by atoms with van der Waals surface area (Å²) in [5.41, 5.74) is 0. The zero-order valence-corrected chi connectivity index (χ0v) is 8.92.